The van der Waals surface area contributed by atoms with Crippen LogP contribution in [0.5, 0.6) is 0 Å². The van der Waals surface area contributed by atoms with Gasteiger partial charge in [-0.15, -0.1) is 0 Å². The van der Waals surface area contributed by atoms with Crippen molar-refractivity contribution in [1.29, 1.82) is 0 Å². The van der Waals surface area contributed by atoms with E-state index < -0.39 is 5.97 Å². The number of urea groups is 1. The fourth-order valence-electron chi connectivity index (χ4n) is 1.54. The molecule has 1 rings (SSSR count). The number of benzene rings is 1. The zero-order valence-corrected chi connectivity index (χ0v) is 11.0. The van der Waals surface area contributed by atoms with Gasteiger partial charge in [-0.1, -0.05) is 0 Å². The molecule has 0 aromatic heterocycles. The summed E-state index contributed by atoms with van der Waals surface area (Å²) < 4.78 is 5.09. The molecule has 0 saturated heterocycles. The van der Waals surface area contributed by atoms with Crippen LogP contribution in [0.15, 0.2) is 18.2 Å². The SMILES string of the molecule is CCOCCNC(=O)Nc1ccc(C(=O)O)c(C)c1. The van der Waals surface area contributed by atoms with Gasteiger partial charge in [-0.25, -0.2) is 9.59 Å². The Kier molecular flexibility index (Phi) is 5.81. The molecule has 0 aliphatic rings. The van der Waals surface area contributed by atoms with Crippen LogP contribution in [0, 0.1) is 6.92 Å². The van der Waals surface area contributed by atoms with Crippen LogP contribution in [0.2, 0.25) is 0 Å². The fraction of sp³-hybridized carbons (Fsp3) is 0.385. The lowest BCUT2D eigenvalue weighted by Crippen LogP contribution is -2.31. The number of ether oxygens (including phenoxy) is 1. The van der Waals surface area contributed by atoms with Gasteiger partial charge < -0.3 is 20.5 Å². The van der Waals surface area contributed by atoms with E-state index in [0.29, 0.717) is 31.0 Å². The smallest absolute Gasteiger partial charge is 0.335 e. The highest BCUT2D eigenvalue weighted by molar-refractivity contribution is 5.92. The van der Waals surface area contributed by atoms with Gasteiger partial charge >= 0.3 is 12.0 Å². The molecule has 0 spiro atoms. The Labute approximate surface area is 111 Å². The van der Waals surface area contributed by atoms with Crippen molar-refractivity contribution in [2.45, 2.75) is 13.8 Å². The van der Waals surface area contributed by atoms with Crippen LogP contribution in [0.1, 0.15) is 22.8 Å². The van der Waals surface area contributed by atoms with Crippen LogP contribution in [-0.2, 0) is 4.74 Å². The van der Waals surface area contributed by atoms with Gasteiger partial charge in [0.15, 0.2) is 0 Å². The minimum atomic E-state index is -0.981. The van der Waals surface area contributed by atoms with Crippen LogP contribution >= 0.6 is 0 Å². The number of amides is 2. The highest BCUT2D eigenvalue weighted by atomic mass is 16.5. The first-order valence-electron chi connectivity index (χ1n) is 6.01. The summed E-state index contributed by atoms with van der Waals surface area (Å²) in [5.41, 5.74) is 1.37. The first-order chi connectivity index (χ1) is 9.04. The summed E-state index contributed by atoms with van der Waals surface area (Å²) in [4.78, 5) is 22.4. The van der Waals surface area contributed by atoms with Gasteiger partial charge in [0.1, 0.15) is 0 Å². The van der Waals surface area contributed by atoms with Gasteiger partial charge in [-0.3, -0.25) is 0 Å². The number of carbonyl (C=O) groups excluding carboxylic acids is 1. The Morgan fingerprint density at radius 1 is 1.37 bits per heavy atom. The molecule has 6 heteroatoms. The second-order valence-electron chi connectivity index (χ2n) is 3.91. The average molecular weight is 266 g/mol. The number of nitrogens with one attached hydrogen (secondary N) is 2. The molecule has 0 aliphatic heterocycles. The number of hydrogen-bond donors (Lipinski definition) is 3. The number of carboxylic acids is 1. The molecule has 0 radical (unpaired) electrons. The normalized spacial score (nSPS) is 10.0. The second-order valence-corrected chi connectivity index (χ2v) is 3.91. The van der Waals surface area contributed by atoms with Gasteiger partial charge in [-0.05, 0) is 37.6 Å². The molecule has 1 aromatic rings. The molecule has 0 saturated carbocycles. The van der Waals surface area contributed by atoms with E-state index in [1.54, 1.807) is 19.1 Å². The van der Waals surface area contributed by atoms with Gasteiger partial charge in [0.25, 0.3) is 0 Å². The summed E-state index contributed by atoms with van der Waals surface area (Å²) in [7, 11) is 0. The Morgan fingerprint density at radius 3 is 2.68 bits per heavy atom. The van der Waals surface area contributed by atoms with Crippen molar-refractivity contribution >= 4 is 17.7 Å². The Bertz CT molecular complexity index is 460. The van der Waals surface area contributed by atoms with Gasteiger partial charge in [0.2, 0.25) is 0 Å². The molecule has 0 bridgehead atoms. The lowest BCUT2D eigenvalue weighted by molar-refractivity contribution is 0.0696. The zero-order chi connectivity index (χ0) is 14.3. The number of anilines is 1. The summed E-state index contributed by atoms with van der Waals surface area (Å²) in [6.07, 6.45) is 0. The van der Waals surface area contributed by atoms with Crippen LogP contribution in [0.25, 0.3) is 0 Å². The van der Waals surface area contributed by atoms with Crippen molar-refractivity contribution in [3.05, 3.63) is 29.3 Å². The van der Waals surface area contributed by atoms with E-state index in [1.807, 2.05) is 6.92 Å². The lowest BCUT2D eigenvalue weighted by Gasteiger charge is -2.09. The third-order valence-corrected chi connectivity index (χ3v) is 2.45. The van der Waals surface area contributed by atoms with E-state index in [2.05, 4.69) is 10.6 Å². The van der Waals surface area contributed by atoms with Crippen LogP contribution in [0.3, 0.4) is 0 Å². The largest absolute Gasteiger partial charge is 0.478 e. The second kappa shape index (κ2) is 7.38. The molecule has 3 N–H and O–H groups in total. The predicted molar refractivity (Wildman–Crippen MR) is 71.7 cm³/mol. The molecular weight excluding hydrogens is 248 g/mol. The van der Waals surface area contributed by atoms with Crippen molar-refractivity contribution < 1.29 is 19.4 Å². The highest BCUT2D eigenvalue weighted by Crippen LogP contribution is 2.15. The minimum absolute atomic E-state index is 0.224. The van der Waals surface area contributed by atoms with E-state index >= 15 is 0 Å². The standard InChI is InChI=1S/C13H18N2O4/c1-3-19-7-6-14-13(18)15-10-4-5-11(12(16)17)9(2)8-10/h4-5,8H,3,6-7H2,1-2H3,(H,16,17)(H2,14,15,18). The summed E-state index contributed by atoms with van der Waals surface area (Å²) >= 11 is 0. The van der Waals surface area contributed by atoms with Crippen molar-refractivity contribution in [2.75, 3.05) is 25.1 Å². The third kappa shape index (κ3) is 4.97. The van der Waals surface area contributed by atoms with E-state index in [4.69, 9.17) is 9.84 Å². The highest BCUT2D eigenvalue weighted by Gasteiger charge is 2.08. The quantitative estimate of drug-likeness (QED) is 0.686. The van der Waals surface area contributed by atoms with E-state index in [-0.39, 0.29) is 11.6 Å². The Morgan fingerprint density at radius 2 is 2.11 bits per heavy atom. The van der Waals surface area contributed by atoms with Crippen molar-refractivity contribution in [2.24, 2.45) is 0 Å². The van der Waals surface area contributed by atoms with E-state index in [0.717, 1.165) is 0 Å². The van der Waals surface area contributed by atoms with Gasteiger partial charge in [0, 0.05) is 18.8 Å². The maximum Gasteiger partial charge on any atom is 0.335 e. The molecule has 19 heavy (non-hydrogen) atoms. The molecule has 2 amide bonds. The van der Waals surface area contributed by atoms with E-state index in [1.165, 1.54) is 6.07 Å². The number of aryl methyl sites for hydroxylation is 1. The van der Waals surface area contributed by atoms with Gasteiger partial charge in [0.05, 0.1) is 12.2 Å². The van der Waals surface area contributed by atoms with Gasteiger partial charge in [-0.2, -0.15) is 0 Å². The molecular formula is C13H18N2O4. The summed E-state index contributed by atoms with van der Waals surface area (Å²) in [6.45, 7) is 5.06. The molecule has 0 fully saturated rings. The molecule has 104 valence electrons. The third-order valence-electron chi connectivity index (χ3n) is 2.45. The van der Waals surface area contributed by atoms with Crippen molar-refractivity contribution in [1.82, 2.24) is 5.32 Å². The summed E-state index contributed by atoms with van der Waals surface area (Å²) in [5, 5.41) is 14.2. The van der Waals surface area contributed by atoms with E-state index in [9.17, 15) is 9.59 Å². The topological polar surface area (TPSA) is 87.7 Å². The monoisotopic (exact) mass is 266 g/mol. The van der Waals surface area contributed by atoms with Crippen LogP contribution in [0.4, 0.5) is 10.5 Å². The molecule has 0 heterocycles. The minimum Gasteiger partial charge on any atom is -0.478 e. The Hall–Kier alpha value is -2.08. The number of carboxylic acid groups (broad SMARTS) is 1. The first-order valence-corrected chi connectivity index (χ1v) is 6.01. The molecule has 0 atom stereocenters. The molecule has 0 unspecified atom stereocenters. The Balaban J connectivity index is 2.51. The number of carbonyl (C=O) groups is 2. The van der Waals surface area contributed by atoms with Crippen molar-refractivity contribution in [3.8, 4) is 0 Å². The molecule has 0 aliphatic carbocycles. The van der Waals surface area contributed by atoms with Crippen LogP contribution in [-0.4, -0.2) is 36.9 Å². The summed E-state index contributed by atoms with van der Waals surface area (Å²) in [6, 6.07) is 4.29. The molecule has 6 nitrogen and oxygen atoms in total. The number of aromatic carboxylic acids is 1. The summed E-state index contributed by atoms with van der Waals surface area (Å²) in [5.74, 6) is -0.981. The van der Waals surface area contributed by atoms with Crippen LogP contribution < -0.4 is 10.6 Å². The maximum atomic E-state index is 11.5. The predicted octanol–water partition coefficient (Wildman–Crippen LogP) is 1.85. The number of hydrogen-bond acceptors (Lipinski definition) is 3. The zero-order valence-electron chi connectivity index (χ0n) is 11.0. The average Bonchev–Trinajstić information content (AvgIpc) is 2.34. The first kappa shape index (κ1) is 15.0. The molecule has 1 aromatic carbocycles. The van der Waals surface area contributed by atoms with Crippen molar-refractivity contribution in [3.63, 3.8) is 0 Å². The maximum absolute atomic E-state index is 11.5. The number of rotatable bonds is 6. The fourth-order valence-corrected chi connectivity index (χ4v) is 1.54. The lowest BCUT2D eigenvalue weighted by atomic mass is 10.1.